The summed E-state index contributed by atoms with van der Waals surface area (Å²) in [5.41, 5.74) is 5.37. The second-order valence-electron chi connectivity index (χ2n) is 5.71. The van der Waals surface area contributed by atoms with Crippen LogP contribution in [0.3, 0.4) is 0 Å². The Hall–Kier alpha value is -0.770. The van der Waals surface area contributed by atoms with Crippen LogP contribution in [0.25, 0.3) is 0 Å². The number of hydrogen-bond acceptors (Lipinski definition) is 3. The highest BCUT2D eigenvalue weighted by Crippen LogP contribution is 2.40. The van der Waals surface area contributed by atoms with Crippen molar-refractivity contribution in [2.45, 2.75) is 38.8 Å². The van der Waals surface area contributed by atoms with Crippen LogP contribution in [-0.4, -0.2) is 35.7 Å². The largest absolute Gasteiger partial charge is 0.444 e. The highest BCUT2D eigenvalue weighted by Gasteiger charge is 2.47. The second-order valence-corrected chi connectivity index (χ2v) is 5.71. The van der Waals surface area contributed by atoms with Crippen molar-refractivity contribution in [1.29, 1.82) is 0 Å². The molecule has 0 spiro atoms. The first kappa shape index (κ1) is 10.7. The zero-order chi connectivity index (χ0) is 11.2. The van der Waals surface area contributed by atoms with Gasteiger partial charge < -0.3 is 15.4 Å². The van der Waals surface area contributed by atoms with Crippen LogP contribution in [0.15, 0.2) is 0 Å². The van der Waals surface area contributed by atoms with Gasteiger partial charge >= 0.3 is 6.09 Å². The van der Waals surface area contributed by atoms with Crippen LogP contribution >= 0.6 is 0 Å². The molecule has 1 saturated carbocycles. The van der Waals surface area contributed by atoms with Gasteiger partial charge in [-0.3, -0.25) is 0 Å². The molecule has 4 heteroatoms. The standard InChI is InChI=1S/C11H20N2O2/c1-11(2,3)15-10(14)13-5-7(6-13)8-4-9(8)12/h7-9H,4-6,12H2,1-3H3/t8-,9-/m0/s1. The Kier molecular flexibility index (Phi) is 2.41. The van der Waals surface area contributed by atoms with Crippen molar-refractivity contribution in [1.82, 2.24) is 4.90 Å². The smallest absolute Gasteiger partial charge is 0.410 e. The first-order chi connectivity index (χ1) is 6.87. The molecule has 0 bridgehead atoms. The third-order valence-electron chi connectivity index (χ3n) is 3.06. The predicted molar refractivity (Wildman–Crippen MR) is 57.4 cm³/mol. The molecular formula is C11H20N2O2. The minimum atomic E-state index is -0.391. The number of carbonyl (C=O) groups is 1. The van der Waals surface area contributed by atoms with Crippen molar-refractivity contribution in [3.05, 3.63) is 0 Å². The van der Waals surface area contributed by atoms with Crippen LogP contribution in [0.2, 0.25) is 0 Å². The Labute approximate surface area is 90.8 Å². The molecule has 0 unspecified atom stereocenters. The summed E-state index contributed by atoms with van der Waals surface area (Å²) in [6.45, 7) is 7.32. The highest BCUT2D eigenvalue weighted by atomic mass is 16.6. The van der Waals surface area contributed by atoms with Crippen LogP contribution < -0.4 is 5.73 Å². The summed E-state index contributed by atoms with van der Waals surface area (Å²) in [4.78, 5) is 13.3. The molecule has 1 aliphatic carbocycles. The van der Waals surface area contributed by atoms with Gasteiger partial charge in [0.2, 0.25) is 0 Å². The SMILES string of the molecule is CC(C)(C)OC(=O)N1CC([C@@H]2C[C@@H]2N)C1. The highest BCUT2D eigenvalue weighted by molar-refractivity contribution is 5.69. The van der Waals surface area contributed by atoms with Crippen molar-refractivity contribution in [3.63, 3.8) is 0 Å². The lowest BCUT2D eigenvalue weighted by atomic mass is 9.95. The average molecular weight is 212 g/mol. The molecule has 0 aromatic rings. The molecule has 0 aromatic heterocycles. The minimum Gasteiger partial charge on any atom is -0.444 e. The van der Waals surface area contributed by atoms with E-state index in [1.165, 1.54) is 0 Å². The minimum absolute atomic E-state index is 0.187. The molecule has 86 valence electrons. The molecule has 2 aliphatic rings. The van der Waals surface area contributed by atoms with Crippen molar-refractivity contribution < 1.29 is 9.53 Å². The van der Waals surface area contributed by atoms with Crippen LogP contribution in [0.4, 0.5) is 4.79 Å². The first-order valence-corrected chi connectivity index (χ1v) is 5.60. The summed E-state index contributed by atoms with van der Waals surface area (Å²) < 4.78 is 5.27. The zero-order valence-electron chi connectivity index (χ0n) is 9.69. The predicted octanol–water partition coefficient (Wildman–Crippen LogP) is 1.20. The van der Waals surface area contributed by atoms with Gasteiger partial charge in [-0.25, -0.2) is 4.79 Å². The summed E-state index contributed by atoms with van der Waals surface area (Å²) in [6.07, 6.45) is 0.945. The summed E-state index contributed by atoms with van der Waals surface area (Å²) in [6, 6.07) is 0.385. The van der Waals surface area contributed by atoms with Gasteiger partial charge in [0, 0.05) is 19.1 Å². The number of ether oxygens (including phenoxy) is 1. The zero-order valence-corrected chi connectivity index (χ0v) is 9.69. The number of amides is 1. The lowest BCUT2D eigenvalue weighted by Crippen LogP contribution is -2.52. The van der Waals surface area contributed by atoms with E-state index >= 15 is 0 Å². The molecule has 0 aromatic carbocycles. The molecule has 4 nitrogen and oxygen atoms in total. The quantitative estimate of drug-likeness (QED) is 0.710. The van der Waals surface area contributed by atoms with E-state index < -0.39 is 5.60 Å². The number of likely N-dealkylation sites (tertiary alicyclic amines) is 1. The van der Waals surface area contributed by atoms with Crippen LogP contribution in [0, 0.1) is 11.8 Å². The molecule has 1 saturated heterocycles. The molecule has 2 atom stereocenters. The second kappa shape index (κ2) is 3.37. The van der Waals surface area contributed by atoms with E-state index in [2.05, 4.69) is 0 Å². The summed E-state index contributed by atoms with van der Waals surface area (Å²) in [5.74, 6) is 1.27. The number of nitrogens with zero attached hydrogens (tertiary/aromatic N) is 1. The van der Waals surface area contributed by atoms with E-state index in [1.807, 2.05) is 20.8 Å². The van der Waals surface area contributed by atoms with Gasteiger partial charge in [0.15, 0.2) is 0 Å². The molecule has 0 radical (unpaired) electrons. The molecule has 1 aliphatic heterocycles. The maximum Gasteiger partial charge on any atom is 0.410 e. The van der Waals surface area contributed by atoms with Gasteiger partial charge in [-0.15, -0.1) is 0 Å². The Morgan fingerprint density at radius 3 is 2.33 bits per heavy atom. The summed E-state index contributed by atoms with van der Waals surface area (Å²) in [7, 11) is 0. The van der Waals surface area contributed by atoms with Gasteiger partial charge in [-0.05, 0) is 39.0 Å². The van der Waals surface area contributed by atoms with Gasteiger partial charge in [0.25, 0.3) is 0 Å². The van der Waals surface area contributed by atoms with Gasteiger partial charge in [-0.2, -0.15) is 0 Å². The van der Waals surface area contributed by atoms with E-state index in [-0.39, 0.29) is 6.09 Å². The maximum absolute atomic E-state index is 11.6. The fourth-order valence-corrected chi connectivity index (χ4v) is 2.04. The fourth-order valence-electron chi connectivity index (χ4n) is 2.04. The van der Waals surface area contributed by atoms with Crippen LogP contribution in [0.1, 0.15) is 27.2 Å². The fraction of sp³-hybridized carbons (Fsp3) is 0.909. The van der Waals surface area contributed by atoms with Crippen molar-refractivity contribution in [3.8, 4) is 0 Å². The normalized spacial score (nSPS) is 31.1. The third-order valence-corrected chi connectivity index (χ3v) is 3.06. The third kappa shape index (κ3) is 2.43. The van der Waals surface area contributed by atoms with Gasteiger partial charge in [-0.1, -0.05) is 0 Å². The number of carbonyl (C=O) groups excluding carboxylic acids is 1. The van der Waals surface area contributed by atoms with E-state index in [0.717, 1.165) is 19.5 Å². The Morgan fingerprint density at radius 1 is 1.40 bits per heavy atom. The van der Waals surface area contributed by atoms with E-state index in [1.54, 1.807) is 4.90 Å². The van der Waals surface area contributed by atoms with E-state index in [4.69, 9.17) is 10.5 Å². The number of hydrogen-bond donors (Lipinski definition) is 1. The molecule has 2 rings (SSSR count). The molecule has 2 N–H and O–H groups in total. The topological polar surface area (TPSA) is 55.6 Å². The molecule has 1 amide bonds. The van der Waals surface area contributed by atoms with Crippen molar-refractivity contribution >= 4 is 6.09 Å². The number of nitrogens with two attached hydrogens (primary N) is 1. The van der Waals surface area contributed by atoms with Crippen LogP contribution in [0.5, 0.6) is 0 Å². The van der Waals surface area contributed by atoms with Crippen LogP contribution in [-0.2, 0) is 4.74 Å². The lowest BCUT2D eigenvalue weighted by Gasteiger charge is -2.40. The Bertz CT molecular complexity index is 266. The molecule has 15 heavy (non-hydrogen) atoms. The summed E-state index contributed by atoms with van der Waals surface area (Å²) in [5, 5.41) is 0. The van der Waals surface area contributed by atoms with Crippen molar-refractivity contribution in [2.75, 3.05) is 13.1 Å². The Balaban J connectivity index is 1.72. The molecule has 1 heterocycles. The lowest BCUT2D eigenvalue weighted by molar-refractivity contribution is -0.00443. The Morgan fingerprint density at radius 2 is 1.93 bits per heavy atom. The molecular weight excluding hydrogens is 192 g/mol. The van der Waals surface area contributed by atoms with Gasteiger partial charge in [0.1, 0.15) is 5.60 Å². The van der Waals surface area contributed by atoms with E-state index in [0.29, 0.717) is 17.9 Å². The average Bonchev–Trinajstić information content (AvgIpc) is 2.58. The van der Waals surface area contributed by atoms with E-state index in [9.17, 15) is 4.79 Å². The number of rotatable bonds is 1. The maximum atomic E-state index is 11.6. The van der Waals surface area contributed by atoms with Gasteiger partial charge in [0.05, 0.1) is 0 Å². The summed E-state index contributed by atoms with van der Waals surface area (Å²) >= 11 is 0. The molecule has 2 fully saturated rings. The monoisotopic (exact) mass is 212 g/mol. The first-order valence-electron chi connectivity index (χ1n) is 5.60. The van der Waals surface area contributed by atoms with Crippen molar-refractivity contribution in [2.24, 2.45) is 17.6 Å².